The quantitative estimate of drug-likeness (QED) is 0.567. The number of urea groups is 1. The maximum atomic E-state index is 11.7. The van der Waals surface area contributed by atoms with Crippen LogP contribution in [0.4, 0.5) is 23.7 Å². The van der Waals surface area contributed by atoms with Gasteiger partial charge >= 0.3 is 12.3 Å². The van der Waals surface area contributed by atoms with Crippen LogP contribution in [0, 0.1) is 0 Å². The number of amides is 2. The number of rotatable bonds is 2. The highest BCUT2D eigenvalue weighted by Crippen LogP contribution is 2.14. The van der Waals surface area contributed by atoms with E-state index in [1.165, 1.54) is 0 Å². The number of carbonyl (C=O) groups is 1. The minimum atomic E-state index is -4.86. The van der Waals surface area contributed by atoms with Crippen LogP contribution in [0.3, 0.4) is 0 Å². The Hall–Kier alpha value is -1.81. The van der Waals surface area contributed by atoms with Crippen LogP contribution in [0.2, 0.25) is 0 Å². The molecule has 0 radical (unpaired) electrons. The van der Waals surface area contributed by atoms with Crippen molar-refractivity contribution in [2.45, 2.75) is 11.2 Å². The average Bonchev–Trinajstić information content (AvgIpc) is 2.13. The topological polar surface area (TPSA) is 95.5 Å². The minimum Gasteiger partial charge on any atom is -0.308 e. The summed E-state index contributed by atoms with van der Waals surface area (Å²) in [7, 11) is -4.39. The van der Waals surface area contributed by atoms with Gasteiger partial charge in [0.1, 0.15) is 0 Å². The van der Waals surface area contributed by atoms with Crippen molar-refractivity contribution in [3.8, 4) is 0 Å². The average molecular weight is 284 g/mol. The number of nitrogens with one attached hydrogen (secondary N) is 2. The first-order chi connectivity index (χ1) is 8.08. The summed E-state index contributed by atoms with van der Waals surface area (Å²) < 4.78 is 65.2. The van der Waals surface area contributed by atoms with Crippen LogP contribution in [0.5, 0.6) is 0 Å². The zero-order chi connectivity index (χ0) is 14.0. The molecule has 18 heavy (non-hydrogen) atoms. The van der Waals surface area contributed by atoms with Gasteiger partial charge in [-0.05, 0) is 24.3 Å². The summed E-state index contributed by atoms with van der Waals surface area (Å²) in [5.74, 6) is 0. The molecule has 0 heterocycles. The van der Waals surface area contributed by atoms with E-state index in [-0.39, 0.29) is 5.69 Å². The van der Waals surface area contributed by atoms with Crippen molar-refractivity contribution in [1.29, 1.82) is 0 Å². The molecule has 1 aromatic rings. The molecule has 10 heteroatoms. The van der Waals surface area contributed by atoms with Crippen molar-refractivity contribution < 1.29 is 30.9 Å². The highest BCUT2D eigenvalue weighted by Gasteiger charge is 2.29. The molecule has 0 unspecified atom stereocenters. The molecule has 0 fully saturated rings. The normalized spacial score (nSPS) is 12.0. The van der Waals surface area contributed by atoms with Gasteiger partial charge in [0.25, 0.3) is 10.1 Å². The number of hydrogen-bond acceptors (Lipinski definition) is 3. The molecular formula is C8H7F3N2O4S. The SMILES string of the molecule is O=C(Nc1ccc(S(=O)(=O)O)cc1)NC(F)(F)F. The van der Waals surface area contributed by atoms with Crippen LogP contribution < -0.4 is 10.6 Å². The van der Waals surface area contributed by atoms with Crippen molar-refractivity contribution >= 4 is 21.8 Å². The lowest BCUT2D eigenvalue weighted by molar-refractivity contribution is -0.144. The number of carbonyl (C=O) groups excluding carboxylic acids is 1. The first kappa shape index (κ1) is 14.3. The summed E-state index contributed by atoms with van der Waals surface area (Å²) in [6.07, 6.45) is -4.86. The Balaban J connectivity index is 2.73. The van der Waals surface area contributed by atoms with Crippen LogP contribution in [-0.4, -0.2) is 25.3 Å². The lowest BCUT2D eigenvalue weighted by Gasteiger charge is -2.09. The first-order valence-corrected chi connectivity index (χ1v) is 5.75. The predicted molar refractivity (Wildman–Crippen MR) is 54.5 cm³/mol. The Bertz CT molecular complexity index is 538. The molecular weight excluding hydrogens is 277 g/mol. The van der Waals surface area contributed by atoms with E-state index in [4.69, 9.17) is 4.55 Å². The molecule has 1 aromatic carbocycles. The van der Waals surface area contributed by atoms with Gasteiger partial charge in [0.15, 0.2) is 0 Å². The zero-order valence-corrected chi connectivity index (χ0v) is 9.34. The van der Waals surface area contributed by atoms with Gasteiger partial charge in [0.2, 0.25) is 0 Å². The van der Waals surface area contributed by atoms with Crippen molar-refractivity contribution in [3.05, 3.63) is 24.3 Å². The van der Waals surface area contributed by atoms with E-state index in [1.54, 1.807) is 0 Å². The molecule has 0 aromatic heterocycles. The molecule has 0 spiro atoms. The third-order valence-corrected chi connectivity index (χ3v) is 2.53. The Kier molecular flexibility index (Phi) is 3.82. The molecule has 0 aliphatic carbocycles. The van der Waals surface area contributed by atoms with Crippen molar-refractivity contribution in [3.63, 3.8) is 0 Å². The fraction of sp³-hybridized carbons (Fsp3) is 0.125. The Morgan fingerprint density at radius 3 is 2.06 bits per heavy atom. The van der Waals surface area contributed by atoms with Crippen LogP contribution in [0.15, 0.2) is 29.2 Å². The van der Waals surface area contributed by atoms with Gasteiger partial charge in [-0.15, -0.1) is 0 Å². The molecule has 2 amide bonds. The Labute approximate surface area is 99.5 Å². The Morgan fingerprint density at radius 1 is 1.17 bits per heavy atom. The second-order valence-corrected chi connectivity index (χ2v) is 4.50. The molecule has 0 atom stereocenters. The van der Waals surface area contributed by atoms with Crippen LogP contribution in [-0.2, 0) is 10.1 Å². The maximum Gasteiger partial charge on any atom is 0.485 e. The fourth-order valence-corrected chi connectivity index (χ4v) is 1.48. The molecule has 3 N–H and O–H groups in total. The predicted octanol–water partition coefficient (Wildman–Crippen LogP) is 1.57. The Morgan fingerprint density at radius 2 is 1.67 bits per heavy atom. The van der Waals surface area contributed by atoms with Gasteiger partial charge in [0, 0.05) is 5.69 Å². The summed E-state index contributed by atoms with van der Waals surface area (Å²) in [5, 5.41) is 2.53. The number of benzene rings is 1. The highest BCUT2D eigenvalue weighted by atomic mass is 32.2. The van der Waals surface area contributed by atoms with Gasteiger partial charge in [0.05, 0.1) is 4.90 Å². The van der Waals surface area contributed by atoms with Crippen molar-refractivity contribution in [2.75, 3.05) is 5.32 Å². The maximum absolute atomic E-state index is 11.7. The molecule has 0 saturated heterocycles. The highest BCUT2D eigenvalue weighted by molar-refractivity contribution is 7.85. The van der Waals surface area contributed by atoms with E-state index >= 15 is 0 Å². The summed E-state index contributed by atoms with van der Waals surface area (Å²) in [6, 6.07) is 2.40. The number of halogens is 3. The standard InChI is InChI=1S/C8H7F3N2O4S/c9-8(10,11)13-7(14)12-5-1-3-6(4-2-5)18(15,16)17/h1-4H,(H2,12,13,14)(H,15,16,17). The van der Waals surface area contributed by atoms with Gasteiger partial charge in [-0.1, -0.05) is 0 Å². The van der Waals surface area contributed by atoms with E-state index in [1.807, 2.05) is 5.32 Å². The van der Waals surface area contributed by atoms with Crippen LogP contribution in [0.25, 0.3) is 0 Å². The number of hydrogen-bond donors (Lipinski definition) is 3. The van der Waals surface area contributed by atoms with Gasteiger partial charge in [-0.2, -0.15) is 21.6 Å². The van der Waals surface area contributed by atoms with E-state index in [0.29, 0.717) is 5.32 Å². The summed E-state index contributed by atoms with van der Waals surface area (Å²) in [6.45, 7) is 0. The van der Waals surface area contributed by atoms with Gasteiger partial charge < -0.3 is 5.32 Å². The smallest absolute Gasteiger partial charge is 0.308 e. The summed E-state index contributed by atoms with van der Waals surface area (Å²) >= 11 is 0. The monoisotopic (exact) mass is 284 g/mol. The third-order valence-electron chi connectivity index (χ3n) is 1.67. The second-order valence-electron chi connectivity index (χ2n) is 3.08. The number of anilines is 1. The minimum absolute atomic E-state index is 0.0656. The zero-order valence-electron chi connectivity index (χ0n) is 8.52. The summed E-state index contributed by atoms with van der Waals surface area (Å²) in [5.41, 5.74) is -0.0656. The molecule has 100 valence electrons. The molecule has 0 bridgehead atoms. The second kappa shape index (κ2) is 4.82. The van der Waals surface area contributed by atoms with E-state index in [2.05, 4.69) is 0 Å². The van der Waals surface area contributed by atoms with Gasteiger partial charge in [-0.3, -0.25) is 4.55 Å². The van der Waals surface area contributed by atoms with E-state index in [9.17, 15) is 26.4 Å². The molecule has 1 rings (SSSR count). The van der Waals surface area contributed by atoms with Gasteiger partial charge in [-0.25, -0.2) is 10.1 Å². The largest absolute Gasteiger partial charge is 0.485 e. The first-order valence-electron chi connectivity index (χ1n) is 4.31. The van der Waals surface area contributed by atoms with Crippen molar-refractivity contribution in [1.82, 2.24) is 5.32 Å². The molecule has 6 nitrogen and oxygen atoms in total. The third kappa shape index (κ3) is 4.59. The number of alkyl halides is 3. The van der Waals surface area contributed by atoms with Crippen molar-refractivity contribution in [2.24, 2.45) is 0 Å². The van der Waals surface area contributed by atoms with E-state index in [0.717, 1.165) is 24.3 Å². The fourth-order valence-electron chi connectivity index (χ4n) is 1.00. The van der Waals surface area contributed by atoms with Crippen LogP contribution >= 0.6 is 0 Å². The van der Waals surface area contributed by atoms with E-state index < -0.39 is 27.3 Å². The molecule has 0 aliphatic rings. The molecule has 0 aliphatic heterocycles. The summed E-state index contributed by atoms with van der Waals surface area (Å²) in [4.78, 5) is 10.4. The molecule has 0 saturated carbocycles. The lowest BCUT2D eigenvalue weighted by atomic mass is 10.3. The van der Waals surface area contributed by atoms with Crippen LogP contribution in [0.1, 0.15) is 0 Å². The lowest BCUT2D eigenvalue weighted by Crippen LogP contribution is -2.40.